The van der Waals surface area contributed by atoms with Gasteiger partial charge in [-0.3, -0.25) is 0 Å². The minimum Gasteiger partial charge on any atom is -0.350 e. The molecule has 0 saturated carbocycles. The molecule has 4 nitrogen and oxygen atoms in total. The summed E-state index contributed by atoms with van der Waals surface area (Å²) in [6.07, 6.45) is 0. The van der Waals surface area contributed by atoms with Crippen LogP contribution in [0, 0.1) is 13.8 Å². The standard InChI is InChI=1S/C19H19ClN4/c1-13-5-3-4-6-17(13)23-18-11-14(2)22-19(24-18)21-12-15-7-9-16(20)10-8-15/h3-11H,12H2,1-2H3,(H2,21,22,23,24). The lowest BCUT2D eigenvalue weighted by atomic mass is 10.2. The van der Waals surface area contributed by atoms with Crippen LogP contribution in [0.5, 0.6) is 0 Å². The zero-order valence-corrected chi connectivity index (χ0v) is 14.4. The molecule has 0 amide bonds. The second-order valence-electron chi connectivity index (χ2n) is 5.64. The van der Waals surface area contributed by atoms with Gasteiger partial charge < -0.3 is 10.6 Å². The van der Waals surface area contributed by atoms with Crippen molar-refractivity contribution in [3.63, 3.8) is 0 Å². The van der Waals surface area contributed by atoms with Crippen molar-refractivity contribution < 1.29 is 0 Å². The average Bonchev–Trinajstić information content (AvgIpc) is 2.56. The van der Waals surface area contributed by atoms with Crippen molar-refractivity contribution in [1.82, 2.24) is 9.97 Å². The van der Waals surface area contributed by atoms with Gasteiger partial charge in [0.25, 0.3) is 0 Å². The van der Waals surface area contributed by atoms with Crippen molar-refractivity contribution in [3.8, 4) is 0 Å². The van der Waals surface area contributed by atoms with Crippen LogP contribution in [0.15, 0.2) is 54.6 Å². The topological polar surface area (TPSA) is 49.8 Å². The van der Waals surface area contributed by atoms with E-state index in [0.29, 0.717) is 12.5 Å². The lowest BCUT2D eigenvalue weighted by molar-refractivity contribution is 1.03. The molecule has 0 aliphatic heterocycles. The van der Waals surface area contributed by atoms with Crippen LogP contribution >= 0.6 is 11.6 Å². The monoisotopic (exact) mass is 338 g/mol. The number of rotatable bonds is 5. The number of hydrogen-bond donors (Lipinski definition) is 2. The number of aromatic nitrogens is 2. The number of aryl methyl sites for hydroxylation is 2. The highest BCUT2D eigenvalue weighted by Gasteiger charge is 2.04. The molecule has 0 aliphatic rings. The molecule has 122 valence electrons. The first kappa shape index (κ1) is 16.3. The Hall–Kier alpha value is -2.59. The number of benzene rings is 2. The number of nitrogens with one attached hydrogen (secondary N) is 2. The molecular formula is C19H19ClN4. The Morgan fingerprint density at radius 3 is 2.46 bits per heavy atom. The van der Waals surface area contributed by atoms with Crippen LogP contribution < -0.4 is 10.6 Å². The van der Waals surface area contributed by atoms with Crippen LogP contribution in [0.4, 0.5) is 17.5 Å². The zero-order chi connectivity index (χ0) is 16.9. The second-order valence-corrected chi connectivity index (χ2v) is 6.07. The molecule has 0 aliphatic carbocycles. The first-order valence-electron chi connectivity index (χ1n) is 7.77. The largest absolute Gasteiger partial charge is 0.350 e. The zero-order valence-electron chi connectivity index (χ0n) is 13.7. The van der Waals surface area contributed by atoms with Crippen molar-refractivity contribution in [2.75, 3.05) is 10.6 Å². The van der Waals surface area contributed by atoms with Gasteiger partial charge in [-0.05, 0) is 43.2 Å². The summed E-state index contributed by atoms with van der Waals surface area (Å²) in [6.45, 7) is 4.67. The number of hydrogen-bond acceptors (Lipinski definition) is 4. The highest BCUT2D eigenvalue weighted by Crippen LogP contribution is 2.20. The molecule has 1 aromatic heterocycles. The Morgan fingerprint density at radius 2 is 1.71 bits per heavy atom. The summed E-state index contributed by atoms with van der Waals surface area (Å²) in [5.74, 6) is 1.37. The molecule has 1 heterocycles. The second kappa shape index (κ2) is 7.32. The third kappa shape index (κ3) is 4.24. The van der Waals surface area contributed by atoms with E-state index in [1.165, 1.54) is 5.56 Å². The van der Waals surface area contributed by atoms with Gasteiger partial charge >= 0.3 is 0 Å². The predicted molar refractivity (Wildman–Crippen MR) is 100 cm³/mol. The Labute approximate surface area is 146 Å². The van der Waals surface area contributed by atoms with Gasteiger partial charge in [0, 0.05) is 29.0 Å². The van der Waals surface area contributed by atoms with Gasteiger partial charge in [-0.2, -0.15) is 4.98 Å². The van der Waals surface area contributed by atoms with E-state index in [-0.39, 0.29) is 0 Å². The number of para-hydroxylation sites is 1. The summed E-state index contributed by atoms with van der Waals surface area (Å²) in [4.78, 5) is 8.99. The summed E-state index contributed by atoms with van der Waals surface area (Å²) in [5, 5.41) is 7.34. The van der Waals surface area contributed by atoms with E-state index >= 15 is 0 Å². The van der Waals surface area contributed by atoms with Gasteiger partial charge in [0.1, 0.15) is 5.82 Å². The van der Waals surface area contributed by atoms with E-state index in [1.54, 1.807) is 0 Å². The van der Waals surface area contributed by atoms with Crippen LogP contribution in [0.1, 0.15) is 16.8 Å². The summed E-state index contributed by atoms with van der Waals surface area (Å²) in [6, 6.07) is 17.8. The molecule has 0 fully saturated rings. The van der Waals surface area contributed by atoms with Crippen LogP contribution in [-0.2, 0) is 6.54 Å². The molecule has 3 aromatic rings. The maximum absolute atomic E-state index is 5.91. The third-order valence-corrected chi connectivity index (χ3v) is 3.88. The van der Waals surface area contributed by atoms with E-state index in [9.17, 15) is 0 Å². The molecule has 24 heavy (non-hydrogen) atoms. The molecule has 0 radical (unpaired) electrons. The Kier molecular flexibility index (Phi) is 4.96. The number of anilines is 3. The fourth-order valence-electron chi connectivity index (χ4n) is 2.35. The normalized spacial score (nSPS) is 10.5. The fourth-order valence-corrected chi connectivity index (χ4v) is 2.47. The molecule has 0 spiro atoms. The molecule has 0 saturated heterocycles. The highest BCUT2D eigenvalue weighted by molar-refractivity contribution is 6.30. The summed E-state index contributed by atoms with van der Waals surface area (Å²) in [7, 11) is 0. The Bertz CT molecular complexity index is 831. The van der Waals surface area contributed by atoms with Gasteiger partial charge in [0.15, 0.2) is 0 Å². The molecule has 2 aromatic carbocycles. The lowest BCUT2D eigenvalue weighted by Crippen LogP contribution is -2.06. The van der Waals surface area contributed by atoms with Crippen molar-refractivity contribution in [2.24, 2.45) is 0 Å². The molecule has 2 N–H and O–H groups in total. The minimum absolute atomic E-state index is 0.598. The van der Waals surface area contributed by atoms with Crippen LogP contribution in [0.3, 0.4) is 0 Å². The van der Waals surface area contributed by atoms with Crippen molar-refractivity contribution in [3.05, 3.63) is 76.4 Å². The SMILES string of the molecule is Cc1cc(Nc2ccccc2C)nc(NCc2ccc(Cl)cc2)n1. The lowest BCUT2D eigenvalue weighted by Gasteiger charge is -2.11. The van der Waals surface area contributed by atoms with E-state index < -0.39 is 0 Å². The molecular weight excluding hydrogens is 320 g/mol. The van der Waals surface area contributed by atoms with Crippen molar-refractivity contribution >= 4 is 29.1 Å². The van der Waals surface area contributed by atoms with Crippen LogP contribution in [-0.4, -0.2) is 9.97 Å². The van der Waals surface area contributed by atoms with Crippen molar-refractivity contribution in [2.45, 2.75) is 20.4 Å². The minimum atomic E-state index is 0.598. The molecule has 0 unspecified atom stereocenters. The molecule has 0 atom stereocenters. The number of nitrogens with zero attached hydrogens (tertiary/aromatic N) is 2. The maximum Gasteiger partial charge on any atom is 0.225 e. The summed E-state index contributed by atoms with van der Waals surface area (Å²) < 4.78 is 0. The summed E-state index contributed by atoms with van der Waals surface area (Å²) in [5.41, 5.74) is 4.24. The van der Waals surface area contributed by atoms with Gasteiger partial charge in [-0.25, -0.2) is 4.98 Å². The number of halogens is 1. The smallest absolute Gasteiger partial charge is 0.225 e. The molecule has 3 rings (SSSR count). The van der Waals surface area contributed by atoms with Crippen LogP contribution in [0.2, 0.25) is 5.02 Å². The third-order valence-electron chi connectivity index (χ3n) is 3.63. The van der Waals surface area contributed by atoms with Gasteiger partial charge in [-0.15, -0.1) is 0 Å². The van der Waals surface area contributed by atoms with Crippen molar-refractivity contribution in [1.29, 1.82) is 0 Å². The van der Waals surface area contributed by atoms with Crippen LogP contribution in [0.25, 0.3) is 0 Å². The highest BCUT2D eigenvalue weighted by atomic mass is 35.5. The van der Waals surface area contributed by atoms with E-state index in [4.69, 9.17) is 11.6 Å². The average molecular weight is 339 g/mol. The molecule has 0 bridgehead atoms. The first-order chi connectivity index (χ1) is 11.6. The van der Waals surface area contributed by atoms with E-state index in [1.807, 2.05) is 55.5 Å². The predicted octanol–water partition coefficient (Wildman–Crippen LogP) is 5.10. The molecule has 5 heteroatoms. The Balaban J connectivity index is 1.74. The van der Waals surface area contributed by atoms with Gasteiger partial charge in [0.2, 0.25) is 5.95 Å². The first-order valence-corrected chi connectivity index (χ1v) is 8.14. The van der Waals surface area contributed by atoms with E-state index in [0.717, 1.165) is 27.8 Å². The Morgan fingerprint density at radius 1 is 0.958 bits per heavy atom. The van der Waals surface area contributed by atoms with Gasteiger partial charge in [0.05, 0.1) is 0 Å². The maximum atomic E-state index is 5.91. The van der Waals surface area contributed by atoms with Gasteiger partial charge in [-0.1, -0.05) is 41.9 Å². The fraction of sp³-hybridized carbons (Fsp3) is 0.158. The summed E-state index contributed by atoms with van der Waals surface area (Å²) >= 11 is 5.91. The quantitative estimate of drug-likeness (QED) is 0.679. The van der Waals surface area contributed by atoms with E-state index in [2.05, 4.69) is 33.6 Å².